The van der Waals surface area contributed by atoms with Gasteiger partial charge in [-0.25, -0.2) is 0 Å². The molecule has 1 aromatic carbocycles. The summed E-state index contributed by atoms with van der Waals surface area (Å²) >= 11 is 0. The van der Waals surface area contributed by atoms with Crippen LogP contribution in [-0.4, -0.2) is 50.7 Å². The fourth-order valence-corrected chi connectivity index (χ4v) is 4.28. The predicted molar refractivity (Wildman–Crippen MR) is 136 cm³/mol. The average molecular weight is 447 g/mol. The summed E-state index contributed by atoms with van der Waals surface area (Å²) in [7, 11) is 4.33. The Morgan fingerprint density at radius 3 is 2.64 bits per heavy atom. The lowest BCUT2D eigenvalue weighted by atomic mass is 9.91. The van der Waals surface area contributed by atoms with Crippen LogP contribution >= 0.6 is 0 Å². The summed E-state index contributed by atoms with van der Waals surface area (Å²) < 4.78 is 1.77. The number of aryl methyl sites for hydroxylation is 1. The number of anilines is 4. The Labute approximate surface area is 195 Å². The molecule has 0 radical (unpaired) electrons. The molecule has 0 bridgehead atoms. The summed E-state index contributed by atoms with van der Waals surface area (Å²) in [5, 5.41) is 14.8. The first kappa shape index (κ1) is 22.8. The van der Waals surface area contributed by atoms with Crippen LogP contribution in [0, 0.1) is 0 Å². The Morgan fingerprint density at radius 1 is 1.18 bits per heavy atom. The molecule has 0 aliphatic heterocycles. The largest absolute Gasteiger partial charge is 0.356 e. The van der Waals surface area contributed by atoms with Gasteiger partial charge >= 0.3 is 0 Å². The number of aromatic nitrogens is 4. The van der Waals surface area contributed by atoms with E-state index in [1.165, 1.54) is 12.8 Å². The van der Waals surface area contributed by atoms with Crippen molar-refractivity contribution in [2.45, 2.75) is 51.1 Å². The van der Waals surface area contributed by atoms with Gasteiger partial charge in [0.2, 0.25) is 11.9 Å². The molecule has 33 heavy (non-hydrogen) atoms. The second kappa shape index (κ2) is 10.0. The minimum Gasteiger partial charge on any atom is -0.356 e. The standard InChI is InChI=1S/C25H34N8/c1-6-17(3)27-20-9-8-10-21(15-20)29-25-31-24(30-23-18(7-2)16-26-33(23)25)28-19-11-13-22(14-12-19)32(4)5/h6,8-10,15-16,19,22,27H,1,3,7,11-14H2,2,4-5H3,(H2,28,29,30,31). The van der Waals surface area contributed by atoms with Gasteiger partial charge in [-0.05, 0) is 70.5 Å². The zero-order chi connectivity index (χ0) is 23.4. The molecule has 8 heteroatoms. The second-order valence-electron chi connectivity index (χ2n) is 8.80. The summed E-state index contributed by atoms with van der Waals surface area (Å²) in [6.45, 7) is 9.78. The number of hydrogen-bond donors (Lipinski definition) is 3. The van der Waals surface area contributed by atoms with Crippen LogP contribution in [0.5, 0.6) is 0 Å². The van der Waals surface area contributed by atoms with Gasteiger partial charge in [0.25, 0.3) is 0 Å². The zero-order valence-electron chi connectivity index (χ0n) is 19.8. The van der Waals surface area contributed by atoms with Crippen LogP contribution in [0.25, 0.3) is 5.65 Å². The second-order valence-corrected chi connectivity index (χ2v) is 8.80. The lowest BCUT2D eigenvalue weighted by Crippen LogP contribution is -2.36. The molecule has 1 aliphatic rings. The van der Waals surface area contributed by atoms with Crippen LogP contribution < -0.4 is 16.0 Å². The molecule has 4 rings (SSSR count). The highest BCUT2D eigenvalue weighted by Crippen LogP contribution is 2.26. The maximum Gasteiger partial charge on any atom is 0.233 e. The maximum absolute atomic E-state index is 4.82. The Kier molecular flexibility index (Phi) is 6.93. The number of nitrogens with zero attached hydrogens (tertiary/aromatic N) is 5. The number of hydrogen-bond acceptors (Lipinski definition) is 7. The van der Waals surface area contributed by atoms with E-state index < -0.39 is 0 Å². The van der Waals surface area contributed by atoms with E-state index in [4.69, 9.17) is 9.97 Å². The van der Waals surface area contributed by atoms with E-state index in [9.17, 15) is 0 Å². The number of fused-ring (bicyclic) bond motifs is 1. The Morgan fingerprint density at radius 2 is 1.94 bits per heavy atom. The van der Waals surface area contributed by atoms with Crippen molar-refractivity contribution >= 4 is 28.9 Å². The monoisotopic (exact) mass is 446 g/mol. The third-order valence-corrected chi connectivity index (χ3v) is 6.25. The van der Waals surface area contributed by atoms with Crippen molar-refractivity contribution in [3.63, 3.8) is 0 Å². The van der Waals surface area contributed by atoms with E-state index in [0.717, 1.165) is 47.5 Å². The summed E-state index contributed by atoms with van der Waals surface area (Å²) in [4.78, 5) is 11.9. The molecule has 0 atom stereocenters. The van der Waals surface area contributed by atoms with E-state index in [-0.39, 0.29) is 0 Å². The first-order valence-corrected chi connectivity index (χ1v) is 11.6. The highest BCUT2D eigenvalue weighted by molar-refractivity contribution is 5.65. The fourth-order valence-electron chi connectivity index (χ4n) is 4.28. The van der Waals surface area contributed by atoms with Gasteiger partial charge in [-0.2, -0.15) is 19.6 Å². The van der Waals surface area contributed by atoms with Crippen LogP contribution in [0.2, 0.25) is 0 Å². The lowest BCUT2D eigenvalue weighted by Gasteiger charge is -2.33. The molecule has 174 valence electrons. The van der Waals surface area contributed by atoms with Crippen LogP contribution in [0.4, 0.5) is 23.3 Å². The maximum atomic E-state index is 4.82. The SMILES string of the molecule is C=CC(=C)Nc1cccc(Nc2nc(NC3CCC(N(C)C)CC3)nc3c(CC)cnn23)c1. The Bertz CT molecular complexity index is 1120. The van der Waals surface area contributed by atoms with Gasteiger partial charge in [-0.1, -0.05) is 26.1 Å². The van der Waals surface area contributed by atoms with E-state index >= 15 is 0 Å². The van der Waals surface area contributed by atoms with E-state index in [1.807, 2.05) is 30.5 Å². The summed E-state index contributed by atoms with van der Waals surface area (Å²) in [5.74, 6) is 1.27. The third-order valence-electron chi connectivity index (χ3n) is 6.25. The zero-order valence-corrected chi connectivity index (χ0v) is 19.8. The van der Waals surface area contributed by atoms with Gasteiger partial charge in [0.05, 0.1) is 6.20 Å². The Balaban J connectivity index is 1.59. The van der Waals surface area contributed by atoms with Gasteiger partial charge in [-0.3, -0.25) is 0 Å². The number of nitrogens with one attached hydrogen (secondary N) is 3. The minimum atomic E-state index is 0.377. The van der Waals surface area contributed by atoms with Crippen molar-refractivity contribution < 1.29 is 0 Å². The smallest absolute Gasteiger partial charge is 0.233 e. The Hall–Kier alpha value is -3.39. The van der Waals surface area contributed by atoms with Gasteiger partial charge < -0.3 is 20.9 Å². The highest BCUT2D eigenvalue weighted by atomic mass is 15.4. The van der Waals surface area contributed by atoms with Crippen molar-refractivity contribution in [1.29, 1.82) is 0 Å². The minimum absolute atomic E-state index is 0.377. The summed E-state index contributed by atoms with van der Waals surface area (Å²) in [5.41, 5.74) is 4.47. The molecule has 2 heterocycles. The van der Waals surface area contributed by atoms with Gasteiger partial charge in [0.1, 0.15) is 0 Å². The molecule has 0 saturated heterocycles. The number of benzene rings is 1. The quantitative estimate of drug-likeness (QED) is 0.406. The molecule has 1 fully saturated rings. The molecular formula is C25H34N8. The topological polar surface area (TPSA) is 82.4 Å². The molecular weight excluding hydrogens is 412 g/mol. The molecule has 3 N–H and O–H groups in total. The molecule has 8 nitrogen and oxygen atoms in total. The summed E-state index contributed by atoms with van der Waals surface area (Å²) in [6.07, 6.45) is 9.00. The van der Waals surface area contributed by atoms with Crippen molar-refractivity contribution in [3.05, 3.63) is 61.0 Å². The fraction of sp³-hybridized carbons (Fsp3) is 0.400. The molecule has 1 saturated carbocycles. The molecule has 2 aromatic heterocycles. The van der Waals surface area contributed by atoms with E-state index in [1.54, 1.807) is 10.6 Å². The normalized spacial score (nSPS) is 18.3. The van der Waals surface area contributed by atoms with E-state index in [0.29, 0.717) is 24.0 Å². The van der Waals surface area contributed by atoms with Crippen molar-refractivity contribution in [2.24, 2.45) is 0 Å². The molecule has 1 aliphatic carbocycles. The molecule has 3 aromatic rings. The van der Waals surface area contributed by atoms with Gasteiger partial charge in [-0.15, -0.1) is 0 Å². The first-order chi connectivity index (χ1) is 16.0. The first-order valence-electron chi connectivity index (χ1n) is 11.6. The molecule has 0 amide bonds. The lowest BCUT2D eigenvalue weighted by molar-refractivity contribution is 0.221. The van der Waals surface area contributed by atoms with Crippen molar-refractivity contribution in [2.75, 3.05) is 30.0 Å². The van der Waals surface area contributed by atoms with Crippen LogP contribution in [0.15, 0.2) is 55.4 Å². The summed E-state index contributed by atoms with van der Waals surface area (Å²) in [6, 6.07) is 8.99. The number of rotatable bonds is 9. The number of allylic oxidation sites excluding steroid dienone is 1. The predicted octanol–water partition coefficient (Wildman–Crippen LogP) is 4.83. The molecule has 0 spiro atoms. The third kappa shape index (κ3) is 5.34. The van der Waals surface area contributed by atoms with Gasteiger partial charge in [0, 0.05) is 34.7 Å². The van der Waals surface area contributed by atoms with Crippen LogP contribution in [0.1, 0.15) is 38.2 Å². The molecule has 0 unspecified atom stereocenters. The van der Waals surface area contributed by atoms with Crippen LogP contribution in [0.3, 0.4) is 0 Å². The van der Waals surface area contributed by atoms with E-state index in [2.05, 4.69) is 60.1 Å². The van der Waals surface area contributed by atoms with Gasteiger partial charge in [0.15, 0.2) is 5.65 Å². The average Bonchev–Trinajstić information content (AvgIpc) is 3.23. The van der Waals surface area contributed by atoms with Crippen molar-refractivity contribution in [3.8, 4) is 0 Å². The van der Waals surface area contributed by atoms with Crippen LogP contribution in [-0.2, 0) is 6.42 Å². The van der Waals surface area contributed by atoms with Crippen molar-refractivity contribution in [1.82, 2.24) is 24.5 Å². The highest BCUT2D eigenvalue weighted by Gasteiger charge is 2.23.